The molecular formula is C16H13N5O. The second-order valence-corrected chi connectivity index (χ2v) is 4.51. The lowest BCUT2D eigenvalue weighted by molar-refractivity contribution is 0.0950. The number of rotatable bonds is 4. The fourth-order valence-corrected chi connectivity index (χ4v) is 1.87. The molecule has 0 atom stereocenters. The normalized spacial score (nSPS) is 10.7. The number of hydrogen-bond acceptors (Lipinski definition) is 4. The second kappa shape index (κ2) is 6.45. The smallest absolute Gasteiger partial charge is 0.272 e. The van der Waals surface area contributed by atoms with Gasteiger partial charge in [-0.2, -0.15) is 10.2 Å². The summed E-state index contributed by atoms with van der Waals surface area (Å²) in [5, 5.41) is 10.7. The summed E-state index contributed by atoms with van der Waals surface area (Å²) in [5.74, 6) is -0.347. The van der Waals surface area contributed by atoms with Crippen molar-refractivity contribution in [2.45, 2.75) is 0 Å². The Labute approximate surface area is 126 Å². The van der Waals surface area contributed by atoms with Gasteiger partial charge >= 0.3 is 0 Å². The van der Waals surface area contributed by atoms with Crippen molar-refractivity contribution in [3.05, 3.63) is 72.2 Å². The first kappa shape index (κ1) is 13.7. The molecule has 22 heavy (non-hydrogen) atoms. The summed E-state index contributed by atoms with van der Waals surface area (Å²) in [6.07, 6.45) is 4.86. The van der Waals surface area contributed by atoms with Gasteiger partial charge < -0.3 is 0 Å². The predicted molar refractivity (Wildman–Crippen MR) is 83.3 cm³/mol. The largest absolute Gasteiger partial charge is 0.289 e. The van der Waals surface area contributed by atoms with Gasteiger partial charge in [0.2, 0.25) is 0 Å². The number of aromatic amines is 1. The molecule has 2 heterocycles. The highest BCUT2D eigenvalue weighted by molar-refractivity contribution is 5.94. The van der Waals surface area contributed by atoms with Crippen LogP contribution in [-0.4, -0.2) is 27.3 Å². The lowest BCUT2D eigenvalue weighted by Crippen LogP contribution is -2.17. The minimum atomic E-state index is -0.347. The maximum atomic E-state index is 12.0. The van der Waals surface area contributed by atoms with Crippen LogP contribution in [0.25, 0.3) is 11.3 Å². The quantitative estimate of drug-likeness (QED) is 0.571. The van der Waals surface area contributed by atoms with Crippen molar-refractivity contribution in [3.63, 3.8) is 0 Å². The summed E-state index contributed by atoms with van der Waals surface area (Å²) in [5.41, 5.74) is 5.31. The predicted octanol–water partition coefficient (Wildman–Crippen LogP) is 2.24. The number of aromatic nitrogens is 3. The van der Waals surface area contributed by atoms with E-state index in [0.717, 1.165) is 11.1 Å². The molecule has 1 amide bonds. The Bertz CT molecular complexity index is 781. The van der Waals surface area contributed by atoms with Crippen molar-refractivity contribution in [2.24, 2.45) is 5.10 Å². The molecule has 0 saturated carbocycles. The van der Waals surface area contributed by atoms with Gasteiger partial charge in [0, 0.05) is 18.0 Å². The number of amides is 1. The zero-order valence-corrected chi connectivity index (χ0v) is 11.6. The third kappa shape index (κ3) is 3.24. The van der Waals surface area contributed by atoms with Gasteiger partial charge in [-0.3, -0.25) is 14.9 Å². The number of pyridine rings is 1. The molecule has 3 rings (SSSR count). The Morgan fingerprint density at radius 2 is 1.91 bits per heavy atom. The van der Waals surface area contributed by atoms with Crippen LogP contribution in [0.15, 0.2) is 66.0 Å². The van der Waals surface area contributed by atoms with E-state index in [9.17, 15) is 4.79 Å². The van der Waals surface area contributed by atoms with Crippen LogP contribution in [0, 0.1) is 0 Å². The lowest BCUT2D eigenvalue weighted by Gasteiger charge is -1.95. The van der Waals surface area contributed by atoms with Gasteiger partial charge in [0.25, 0.3) is 5.91 Å². The SMILES string of the molecule is O=C(N/N=C\c1ccncc1)c1cc(-c2ccccc2)n[nH]1. The van der Waals surface area contributed by atoms with Crippen molar-refractivity contribution < 1.29 is 4.79 Å². The van der Waals surface area contributed by atoms with Gasteiger partial charge in [0.15, 0.2) is 0 Å². The molecule has 0 fully saturated rings. The number of hydrazone groups is 1. The summed E-state index contributed by atoms with van der Waals surface area (Å²) < 4.78 is 0. The topological polar surface area (TPSA) is 83.0 Å². The van der Waals surface area contributed by atoms with Gasteiger partial charge in [0.05, 0.1) is 11.9 Å². The van der Waals surface area contributed by atoms with E-state index >= 15 is 0 Å². The van der Waals surface area contributed by atoms with Crippen LogP contribution in [0.4, 0.5) is 0 Å². The molecule has 0 bridgehead atoms. The number of nitrogens with zero attached hydrogens (tertiary/aromatic N) is 3. The number of nitrogens with one attached hydrogen (secondary N) is 2. The zero-order chi connectivity index (χ0) is 15.2. The fourth-order valence-electron chi connectivity index (χ4n) is 1.87. The Morgan fingerprint density at radius 1 is 1.14 bits per heavy atom. The molecule has 0 unspecified atom stereocenters. The molecule has 0 aliphatic rings. The van der Waals surface area contributed by atoms with Crippen molar-refractivity contribution in [2.75, 3.05) is 0 Å². The van der Waals surface area contributed by atoms with Gasteiger partial charge in [0.1, 0.15) is 5.69 Å². The van der Waals surface area contributed by atoms with Crippen LogP contribution in [0.5, 0.6) is 0 Å². The molecule has 6 nitrogen and oxygen atoms in total. The van der Waals surface area contributed by atoms with Gasteiger partial charge in [-0.05, 0) is 23.8 Å². The molecule has 0 aliphatic heterocycles. The van der Waals surface area contributed by atoms with E-state index in [0.29, 0.717) is 11.4 Å². The highest BCUT2D eigenvalue weighted by Crippen LogP contribution is 2.16. The van der Waals surface area contributed by atoms with E-state index in [1.165, 1.54) is 0 Å². The third-order valence-electron chi connectivity index (χ3n) is 2.98. The molecule has 0 radical (unpaired) electrons. The average molecular weight is 291 g/mol. The summed E-state index contributed by atoms with van der Waals surface area (Å²) in [6, 6.07) is 14.9. The van der Waals surface area contributed by atoms with Crippen LogP contribution in [0.3, 0.4) is 0 Å². The molecule has 0 aliphatic carbocycles. The highest BCUT2D eigenvalue weighted by Gasteiger charge is 2.09. The Balaban J connectivity index is 1.66. The van der Waals surface area contributed by atoms with Crippen LogP contribution in [0.2, 0.25) is 0 Å². The highest BCUT2D eigenvalue weighted by atomic mass is 16.2. The minimum Gasteiger partial charge on any atom is -0.272 e. The van der Waals surface area contributed by atoms with Crippen LogP contribution in [0.1, 0.15) is 16.1 Å². The van der Waals surface area contributed by atoms with E-state index in [1.807, 2.05) is 30.3 Å². The first-order valence-corrected chi connectivity index (χ1v) is 6.67. The number of H-pyrrole nitrogens is 1. The van der Waals surface area contributed by atoms with Crippen molar-refractivity contribution in [1.29, 1.82) is 0 Å². The van der Waals surface area contributed by atoms with Crippen molar-refractivity contribution >= 4 is 12.1 Å². The number of benzene rings is 1. The fraction of sp³-hybridized carbons (Fsp3) is 0. The van der Waals surface area contributed by atoms with E-state index in [1.54, 1.807) is 36.8 Å². The monoisotopic (exact) mass is 291 g/mol. The molecule has 6 heteroatoms. The molecule has 1 aromatic carbocycles. The summed E-state index contributed by atoms with van der Waals surface area (Å²) in [4.78, 5) is 15.9. The standard InChI is InChI=1S/C16H13N5O/c22-16(21-18-11-12-6-8-17-9-7-12)15-10-14(19-20-15)13-4-2-1-3-5-13/h1-11H,(H,19,20)(H,21,22)/b18-11-. The molecule has 2 aromatic heterocycles. The van der Waals surface area contributed by atoms with Gasteiger partial charge in [-0.15, -0.1) is 0 Å². The summed E-state index contributed by atoms with van der Waals surface area (Å²) in [7, 11) is 0. The first-order chi connectivity index (χ1) is 10.8. The zero-order valence-electron chi connectivity index (χ0n) is 11.6. The average Bonchev–Trinajstić information content (AvgIpc) is 3.07. The van der Waals surface area contributed by atoms with Crippen LogP contribution >= 0.6 is 0 Å². The van der Waals surface area contributed by atoms with E-state index in [-0.39, 0.29) is 5.91 Å². The third-order valence-corrected chi connectivity index (χ3v) is 2.98. The van der Waals surface area contributed by atoms with Crippen molar-refractivity contribution in [1.82, 2.24) is 20.6 Å². The molecule has 3 aromatic rings. The summed E-state index contributed by atoms with van der Waals surface area (Å²) in [6.45, 7) is 0. The van der Waals surface area contributed by atoms with Crippen LogP contribution in [-0.2, 0) is 0 Å². The number of hydrogen-bond donors (Lipinski definition) is 2. The molecule has 108 valence electrons. The van der Waals surface area contributed by atoms with E-state index in [4.69, 9.17) is 0 Å². The number of carbonyl (C=O) groups is 1. The second-order valence-electron chi connectivity index (χ2n) is 4.51. The summed E-state index contributed by atoms with van der Waals surface area (Å²) >= 11 is 0. The maximum Gasteiger partial charge on any atom is 0.289 e. The first-order valence-electron chi connectivity index (χ1n) is 6.67. The molecule has 0 saturated heterocycles. The molecular weight excluding hydrogens is 278 g/mol. The minimum absolute atomic E-state index is 0.347. The van der Waals surface area contributed by atoms with Crippen molar-refractivity contribution in [3.8, 4) is 11.3 Å². The van der Waals surface area contributed by atoms with E-state index in [2.05, 4.69) is 25.7 Å². The van der Waals surface area contributed by atoms with Crippen LogP contribution < -0.4 is 5.43 Å². The molecule has 0 spiro atoms. The maximum absolute atomic E-state index is 12.0. The Morgan fingerprint density at radius 3 is 2.68 bits per heavy atom. The van der Waals surface area contributed by atoms with E-state index < -0.39 is 0 Å². The molecule has 2 N–H and O–H groups in total. The lowest BCUT2D eigenvalue weighted by atomic mass is 10.1. The Hall–Kier alpha value is -3.28. The van der Waals surface area contributed by atoms with Gasteiger partial charge in [-0.1, -0.05) is 30.3 Å². The van der Waals surface area contributed by atoms with Gasteiger partial charge in [-0.25, -0.2) is 5.43 Å². The number of carbonyl (C=O) groups excluding carboxylic acids is 1. The Kier molecular flexibility index (Phi) is 4.01.